The van der Waals surface area contributed by atoms with Crippen molar-refractivity contribution >= 4 is 23.3 Å². The Balaban J connectivity index is 2.28. The van der Waals surface area contributed by atoms with Crippen LogP contribution in [0.15, 0.2) is 33.9 Å². The van der Waals surface area contributed by atoms with E-state index in [1.807, 2.05) is 13.8 Å². The van der Waals surface area contributed by atoms with E-state index in [4.69, 9.17) is 20.9 Å². The Labute approximate surface area is 191 Å². The van der Waals surface area contributed by atoms with Gasteiger partial charge in [-0.05, 0) is 30.0 Å². The van der Waals surface area contributed by atoms with Crippen molar-refractivity contribution in [2.75, 3.05) is 37.5 Å². The molecular weight excluding hydrogens is 430 g/mol. The van der Waals surface area contributed by atoms with E-state index in [-0.39, 0.29) is 43.5 Å². The molecule has 0 saturated carbocycles. The van der Waals surface area contributed by atoms with Crippen molar-refractivity contribution in [3.8, 4) is 5.75 Å². The van der Waals surface area contributed by atoms with Gasteiger partial charge in [-0.15, -0.1) is 0 Å². The predicted molar refractivity (Wildman–Crippen MR) is 124 cm³/mol. The lowest BCUT2D eigenvalue weighted by atomic mass is 10.1. The molecule has 0 spiro atoms. The third-order valence-corrected chi connectivity index (χ3v) is 4.73. The van der Waals surface area contributed by atoms with Gasteiger partial charge in [-0.1, -0.05) is 26.0 Å². The minimum Gasteiger partial charge on any atom is -0.484 e. The van der Waals surface area contributed by atoms with Crippen LogP contribution in [-0.2, 0) is 27.3 Å². The number of amides is 2. The number of rotatable bonds is 12. The van der Waals surface area contributed by atoms with E-state index in [2.05, 4.69) is 4.98 Å². The summed E-state index contributed by atoms with van der Waals surface area (Å²) in [5.41, 5.74) is 10.6. The zero-order valence-corrected chi connectivity index (χ0v) is 19.1. The second-order valence-electron chi connectivity index (χ2n) is 7.97. The lowest BCUT2D eigenvalue weighted by molar-refractivity contribution is -0.120. The fourth-order valence-corrected chi connectivity index (χ4v) is 3.24. The summed E-state index contributed by atoms with van der Waals surface area (Å²) in [6.45, 7) is 4.21. The summed E-state index contributed by atoms with van der Waals surface area (Å²) in [6.07, 6.45) is 0.535. The van der Waals surface area contributed by atoms with Crippen LogP contribution in [-0.4, -0.2) is 48.2 Å². The number of H-pyrrole nitrogens is 1. The first-order valence-electron chi connectivity index (χ1n) is 10.6. The normalized spacial score (nSPS) is 10.9. The predicted octanol–water partition coefficient (Wildman–Crippen LogP) is 0.251. The van der Waals surface area contributed by atoms with Crippen LogP contribution in [0.25, 0.3) is 0 Å². The fourth-order valence-electron chi connectivity index (χ4n) is 3.24. The molecule has 1 aromatic carbocycles. The molecule has 11 heteroatoms. The van der Waals surface area contributed by atoms with E-state index in [0.717, 1.165) is 0 Å². The molecule has 33 heavy (non-hydrogen) atoms. The zero-order valence-electron chi connectivity index (χ0n) is 19.1. The van der Waals surface area contributed by atoms with Crippen molar-refractivity contribution in [3.05, 3.63) is 50.7 Å². The summed E-state index contributed by atoms with van der Waals surface area (Å²) in [7, 11) is 1.53. The molecule has 1 aromatic heterocycles. The number of nitrogens with two attached hydrogens (primary N) is 2. The van der Waals surface area contributed by atoms with Crippen molar-refractivity contribution in [2.24, 2.45) is 11.7 Å². The number of benzene rings is 1. The molecule has 2 rings (SSSR count). The van der Waals surface area contributed by atoms with Crippen LogP contribution < -0.4 is 32.4 Å². The Kier molecular flexibility index (Phi) is 9.22. The number of methoxy groups -OCH3 is 1. The van der Waals surface area contributed by atoms with Gasteiger partial charge in [-0.3, -0.25) is 23.9 Å². The second kappa shape index (κ2) is 11.9. The van der Waals surface area contributed by atoms with E-state index < -0.39 is 23.1 Å². The molecule has 0 atom stereocenters. The molecule has 0 bridgehead atoms. The first kappa shape index (κ1) is 25.7. The van der Waals surface area contributed by atoms with E-state index >= 15 is 0 Å². The molecule has 0 radical (unpaired) electrons. The number of nitrogens with zero attached hydrogens (tertiary/aromatic N) is 2. The van der Waals surface area contributed by atoms with Gasteiger partial charge in [0.1, 0.15) is 11.6 Å². The van der Waals surface area contributed by atoms with Gasteiger partial charge in [-0.25, -0.2) is 4.79 Å². The molecule has 180 valence electrons. The number of primary amides is 1. The van der Waals surface area contributed by atoms with Crippen molar-refractivity contribution in [2.45, 2.75) is 33.2 Å². The molecule has 11 nitrogen and oxygen atoms in total. The Hall–Kier alpha value is -3.60. The summed E-state index contributed by atoms with van der Waals surface area (Å²) < 4.78 is 11.9. The SMILES string of the molecule is COCCCN(C(=O)COc1ccc(CC(N)=O)cc1)c1c(N)n(CC(C)C)c(=O)[nH]c1=O. The molecule has 1 heterocycles. The number of aromatic amines is 1. The number of ether oxygens (including phenoxy) is 2. The standard InChI is InChI=1S/C22H31N5O6/c1-14(2)12-27-20(24)19(21(30)25-22(27)31)26(9-4-10-32-3)18(29)13-33-16-7-5-15(6-8-16)11-17(23)28/h5-8,14H,4,9-13,24H2,1-3H3,(H2,23,28)(H,25,30,31). The van der Waals surface area contributed by atoms with Crippen molar-refractivity contribution < 1.29 is 19.1 Å². The van der Waals surface area contributed by atoms with Gasteiger partial charge < -0.3 is 25.8 Å². The van der Waals surface area contributed by atoms with Gasteiger partial charge >= 0.3 is 5.69 Å². The number of carbonyl (C=O) groups is 2. The number of aromatic nitrogens is 2. The highest BCUT2D eigenvalue weighted by Crippen LogP contribution is 2.19. The number of nitrogens with one attached hydrogen (secondary N) is 1. The number of anilines is 2. The van der Waals surface area contributed by atoms with Gasteiger partial charge in [-0.2, -0.15) is 0 Å². The highest BCUT2D eigenvalue weighted by molar-refractivity contribution is 5.96. The van der Waals surface area contributed by atoms with Gasteiger partial charge in [0.15, 0.2) is 12.3 Å². The van der Waals surface area contributed by atoms with E-state index in [1.165, 1.54) is 16.6 Å². The van der Waals surface area contributed by atoms with E-state index in [0.29, 0.717) is 24.3 Å². The highest BCUT2D eigenvalue weighted by atomic mass is 16.5. The molecule has 2 aromatic rings. The van der Waals surface area contributed by atoms with Gasteiger partial charge in [0.05, 0.1) is 6.42 Å². The number of hydrogen-bond acceptors (Lipinski definition) is 7. The maximum atomic E-state index is 13.0. The number of carbonyl (C=O) groups excluding carboxylic acids is 2. The topological polar surface area (TPSA) is 163 Å². The van der Waals surface area contributed by atoms with Crippen LogP contribution in [0.4, 0.5) is 11.5 Å². The van der Waals surface area contributed by atoms with Gasteiger partial charge in [0, 0.05) is 26.8 Å². The molecule has 0 aliphatic heterocycles. The Morgan fingerprint density at radius 3 is 2.42 bits per heavy atom. The summed E-state index contributed by atoms with van der Waals surface area (Å²) in [5.74, 6) is -0.562. The molecule has 0 fully saturated rings. The van der Waals surface area contributed by atoms with Crippen LogP contribution in [0.5, 0.6) is 5.75 Å². The maximum absolute atomic E-state index is 13.0. The Bertz CT molecular complexity index is 1070. The molecule has 0 unspecified atom stereocenters. The molecule has 5 N–H and O–H groups in total. The van der Waals surface area contributed by atoms with Crippen LogP contribution in [0, 0.1) is 5.92 Å². The average molecular weight is 462 g/mol. The average Bonchev–Trinajstić information content (AvgIpc) is 2.74. The Morgan fingerprint density at radius 2 is 1.85 bits per heavy atom. The fraction of sp³-hybridized carbons (Fsp3) is 0.455. The summed E-state index contributed by atoms with van der Waals surface area (Å²) in [5, 5.41) is 0. The highest BCUT2D eigenvalue weighted by Gasteiger charge is 2.24. The first-order valence-corrected chi connectivity index (χ1v) is 10.6. The third kappa shape index (κ3) is 7.21. The number of nitrogen functional groups attached to an aromatic ring is 1. The summed E-state index contributed by atoms with van der Waals surface area (Å²) in [4.78, 5) is 52.4. The monoisotopic (exact) mass is 461 g/mol. The molecule has 0 aliphatic carbocycles. The van der Waals surface area contributed by atoms with Crippen LogP contribution in [0.1, 0.15) is 25.8 Å². The van der Waals surface area contributed by atoms with Crippen LogP contribution in [0.3, 0.4) is 0 Å². The van der Waals surface area contributed by atoms with Crippen molar-refractivity contribution in [1.82, 2.24) is 9.55 Å². The van der Waals surface area contributed by atoms with Crippen molar-refractivity contribution in [3.63, 3.8) is 0 Å². The molecule has 0 aliphatic rings. The molecule has 0 saturated heterocycles. The minimum absolute atomic E-state index is 0.0842. The smallest absolute Gasteiger partial charge is 0.330 e. The zero-order chi connectivity index (χ0) is 24.5. The van der Waals surface area contributed by atoms with Gasteiger partial charge in [0.2, 0.25) is 5.91 Å². The second-order valence-corrected chi connectivity index (χ2v) is 7.97. The molecule has 2 amide bonds. The molecular formula is C22H31N5O6. The van der Waals surface area contributed by atoms with Gasteiger partial charge in [0.25, 0.3) is 11.5 Å². The lowest BCUT2D eigenvalue weighted by Crippen LogP contribution is -2.43. The van der Waals surface area contributed by atoms with E-state index in [1.54, 1.807) is 24.3 Å². The quantitative estimate of drug-likeness (QED) is 0.381. The lowest BCUT2D eigenvalue weighted by Gasteiger charge is -2.25. The largest absolute Gasteiger partial charge is 0.484 e. The minimum atomic E-state index is -0.751. The maximum Gasteiger partial charge on any atom is 0.330 e. The third-order valence-electron chi connectivity index (χ3n) is 4.73. The first-order chi connectivity index (χ1) is 15.6. The van der Waals surface area contributed by atoms with Crippen molar-refractivity contribution in [1.29, 1.82) is 0 Å². The Morgan fingerprint density at radius 1 is 1.18 bits per heavy atom. The van der Waals surface area contributed by atoms with Crippen LogP contribution >= 0.6 is 0 Å². The van der Waals surface area contributed by atoms with Crippen LogP contribution in [0.2, 0.25) is 0 Å². The number of hydrogen-bond donors (Lipinski definition) is 3. The summed E-state index contributed by atoms with van der Waals surface area (Å²) in [6, 6.07) is 6.58. The van der Waals surface area contributed by atoms with E-state index in [9.17, 15) is 19.2 Å². The summed E-state index contributed by atoms with van der Waals surface area (Å²) >= 11 is 0.